The molecule has 2 fully saturated rings. The van der Waals surface area contributed by atoms with Crippen LogP contribution in [0.5, 0.6) is 0 Å². The van der Waals surface area contributed by atoms with Crippen molar-refractivity contribution in [3.05, 3.63) is 14.9 Å². The molecule has 0 atom stereocenters. The van der Waals surface area contributed by atoms with Gasteiger partial charge in [-0.1, -0.05) is 64.2 Å². The van der Waals surface area contributed by atoms with Gasteiger partial charge in [0.05, 0.1) is 0 Å². The van der Waals surface area contributed by atoms with E-state index in [0.29, 0.717) is 0 Å². The van der Waals surface area contributed by atoms with Crippen molar-refractivity contribution in [2.45, 2.75) is 64.2 Å². The second kappa shape index (κ2) is 15.0. The summed E-state index contributed by atoms with van der Waals surface area (Å²) in [6.45, 7) is 0. The third-order valence-electron chi connectivity index (χ3n) is 2.50. The zero-order valence-electron chi connectivity index (χ0n) is 9.40. The van der Waals surface area contributed by atoms with E-state index in [1.807, 2.05) is 0 Å². The summed E-state index contributed by atoms with van der Waals surface area (Å²) in [6.07, 6.45) is 15.0. The molecule has 1 heteroatoms. The van der Waals surface area contributed by atoms with E-state index in [-0.39, 0.29) is 31.6 Å². The molecule has 1 radical (unpaired) electrons. The Labute approximate surface area is 96.1 Å². The van der Waals surface area contributed by atoms with Crippen molar-refractivity contribution in [2.24, 2.45) is 0 Å². The van der Waals surface area contributed by atoms with Gasteiger partial charge >= 0.3 is 16.8 Å². The smallest absolute Gasteiger partial charge is 0.358 e. The van der Waals surface area contributed by atoms with Crippen molar-refractivity contribution in [1.82, 2.24) is 0 Å². The average Bonchev–Trinajstić information content (AvgIpc) is 2.67. The number of hydrogen-bond donors (Lipinski definition) is 0. The molecule has 0 nitrogen and oxygen atoms in total. The predicted octanol–water partition coefficient (Wildman–Crippen LogP) is 4.80. The molecule has 2 aliphatic rings. The Morgan fingerprint density at radius 1 is 0.308 bits per heavy atom. The molecule has 0 aromatic carbocycles. The van der Waals surface area contributed by atoms with Crippen LogP contribution in [0.2, 0.25) is 0 Å². The van der Waals surface area contributed by atoms with Crippen LogP contribution in [-0.4, -0.2) is 0 Å². The van der Waals surface area contributed by atoms with E-state index in [1.165, 1.54) is 64.2 Å². The summed E-state index contributed by atoms with van der Waals surface area (Å²) in [7, 11) is 0. The Kier molecular flexibility index (Phi) is 22.1. The van der Waals surface area contributed by atoms with Gasteiger partial charge in [-0.25, -0.2) is 0 Å². The molecule has 2 saturated carbocycles. The van der Waals surface area contributed by atoms with Crippen LogP contribution in [0.1, 0.15) is 64.2 Å². The Morgan fingerprint density at radius 2 is 0.385 bits per heavy atom. The average molecular weight is 229 g/mol. The van der Waals surface area contributed by atoms with Gasteiger partial charge < -0.3 is 14.9 Å². The van der Waals surface area contributed by atoms with Crippen molar-refractivity contribution in [1.29, 1.82) is 0 Å². The maximum atomic E-state index is 1.50. The second-order valence-electron chi connectivity index (χ2n) is 3.54. The zero-order valence-corrected chi connectivity index (χ0v) is 10.4. The van der Waals surface area contributed by atoms with Crippen LogP contribution in [0.3, 0.4) is 0 Å². The first-order valence-corrected chi connectivity index (χ1v) is 5.00. The van der Waals surface area contributed by atoms with Crippen molar-refractivity contribution in [3.63, 3.8) is 0 Å². The Morgan fingerprint density at radius 3 is 0.462 bits per heavy atom. The van der Waals surface area contributed by atoms with Crippen LogP contribution in [0.25, 0.3) is 0 Å². The summed E-state index contributed by atoms with van der Waals surface area (Å²) in [5.41, 5.74) is 0. The molecule has 0 unspecified atom stereocenters. The summed E-state index contributed by atoms with van der Waals surface area (Å²) in [6, 6.07) is 0. The van der Waals surface area contributed by atoms with Crippen LogP contribution >= 0.6 is 0 Å². The van der Waals surface area contributed by atoms with Gasteiger partial charge in [0, 0.05) is 0 Å². The SMILES string of the molecule is C1CCCC1.C1CCCC1.[CH3-].[CH3-].[Co+2]. The van der Waals surface area contributed by atoms with Crippen molar-refractivity contribution >= 4 is 0 Å². The van der Waals surface area contributed by atoms with Gasteiger partial charge in [0.15, 0.2) is 0 Å². The van der Waals surface area contributed by atoms with Crippen LogP contribution in [0.15, 0.2) is 0 Å². The molecule has 2 aliphatic carbocycles. The molecule has 0 spiro atoms. The fraction of sp³-hybridized carbons (Fsp3) is 0.833. The number of hydrogen-bond acceptors (Lipinski definition) is 0. The Balaban J connectivity index is -0.000000125. The van der Waals surface area contributed by atoms with Gasteiger partial charge in [0.1, 0.15) is 0 Å². The molecule has 0 aliphatic heterocycles. The minimum atomic E-state index is 0. The predicted molar refractivity (Wildman–Crippen MR) is 59.0 cm³/mol. The fourth-order valence-corrected chi connectivity index (χ4v) is 1.77. The van der Waals surface area contributed by atoms with Gasteiger partial charge in [-0.2, -0.15) is 0 Å². The van der Waals surface area contributed by atoms with Crippen LogP contribution in [0.4, 0.5) is 0 Å². The largest absolute Gasteiger partial charge is 2.00 e. The van der Waals surface area contributed by atoms with E-state index in [0.717, 1.165) is 0 Å². The molecule has 83 valence electrons. The second-order valence-corrected chi connectivity index (χ2v) is 3.54. The molecule has 0 amide bonds. The summed E-state index contributed by atoms with van der Waals surface area (Å²) < 4.78 is 0. The molecule has 13 heavy (non-hydrogen) atoms. The normalized spacial score (nSPS) is 18.5. The van der Waals surface area contributed by atoms with E-state index < -0.39 is 0 Å². The first-order valence-electron chi connectivity index (χ1n) is 5.00. The van der Waals surface area contributed by atoms with Gasteiger partial charge in [-0.05, 0) is 0 Å². The third kappa shape index (κ3) is 12.5. The molecular formula is C12H26Co. The molecule has 0 saturated heterocycles. The molecule has 0 aromatic heterocycles. The maximum absolute atomic E-state index is 1.50. The Hall–Kier alpha value is 0.506. The van der Waals surface area contributed by atoms with E-state index in [1.54, 1.807) is 0 Å². The summed E-state index contributed by atoms with van der Waals surface area (Å²) in [4.78, 5) is 0. The monoisotopic (exact) mass is 229 g/mol. The minimum Gasteiger partial charge on any atom is -0.358 e. The van der Waals surface area contributed by atoms with Crippen LogP contribution in [-0.2, 0) is 16.8 Å². The molecule has 0 bridgehead atoms. The molecule has 0 heterocycles. The van der Waals surface area contributed by atoms with Gasteiger partial charge in [-0.3, -0.25) is 0 Å². The quantitative estimate of drug-likeness (QED) is 0.523. The standard InChI is InChI=1S/2C5H10.2CH3.Co/c2*1-2-4-5-3-1;;;/h2*1-5H2;2*1H3;/q;;2*-1;+2. The number of rotatable bonds is 0. The summed E-state index contributed by atoms with van der Waals surface area (Å²) in [5.74, 6) is 0. The van der Waals surface area contributed by atoms with Crippen molar-refractivity contribution < 1.29 is 16.8 Å². The fourth-order valence-electron chi connectivity index (χ4n) is 1.77. The molecule has 2 rings (SSSR count). The zero-order chi connectivity index (χ0) is 7.07. The van der Waals surface area contributed by atoms with E-state index >= 15 is 0 Å². The van der Waals surface area contributed by atoms with Crippen molar-refractivity contribution in [3.8, 4) is 0 Å². The summed E-state index contributed by atoms with van der Waals surface area (Å²) in [5, 5.41) is 0. The van der Waals surface area contributed by atoms with Gasteiger partial charge in [0.2, 0.25) is 0 Å². The van der Waals surface area contributed by atoms with Crippen molar-refractivity contribution in [2.75, 3.05) is 0 Å². The minimum absolute atomic E-state index is 0. The third-order valence-corrected chi connectivity index (χ3v) is 2.50. The first kappa shape index (κ1) is 19.1. The van der Waals surface area contributed by atoms with Crippen LogP contribution in [0, 0.1) is 14.9 Å². The van der Waals surface area contributed by atoms with Crippen LogP contribution < -0.4 is 0 Å². The molecule has 0 N–H and O–H groups in total. The topological polar surface area (TPSA) is 0 Å². The Bertz CT molecular complexity index is 38.3. The summed E-state index contributed by atoms with van der Waals surface area (Å²) >= 11 is 0. The van der Waals surface area contributed by atoms with Gasteiger partial charge in [-0.15, -0.1) is 0 Å². The molecular weight excluding hydrogens is 203 g/mol. The molecule has 0 aromatic rings. The maximum Gasteiger partial charge on any atom is 2.00 e. The van der Waals surface area contributed by atoms with Gasteiger partial charge in [0.25, 0.3) is 0 Å². The first-order chi connectivity index (χ1) is 5.00. The van der Waals surface area contributed by atoms with E-state index in [2.05, 4.69) is 0 Å². The van der Waals surface area contributed by atoms with E-state index in [9.17, 15) is 0 Å². The van der Waals surface area contributed by atoms with E-state index in [4.69, 9.17) is 0 Å².